The summed E-state index contributed by atoms with van der Waals surface area (Å²) in [5.41, 5.74) is 0.744. The van der Waals surface area contributed by atoms with Crippen LogP contribution in [0.3, 0.4) is 0 Å². The van der Waals surface area contributed by atoms with Gasteiger partial charge in [0, 0.05) is 16.6 Å². The zero-order valence-corrected chi connectivity index (χ0v) is 12.2. The molecule has 1 aromatic carbocycles. The number of aromatic nitrogens is 4. The molecule has 9 heteroatoms. The first-order valence-electron chi connectivity index (χ1n) is 5.78. The van der Waals surface area contributed by atoms with Crippen LogP contribution in [0.5, 0.6) is 0 Å². The van der Waals surface area contributed by atoms with Crippen LogP contribution in [0.2, 0.25) is 0 Å². The minimum atomic E-state index is -1.19. The molecule has 0 spiro atoms. The van der Waals surface area contributed by atoms with Gasteiger partial charge in [0.05, 0.1) is 12.2 Å². The highest BCUT2D eigenvalue weighted by Gasteiger charge is 2.09. The lowest BCUT2D eigenvalue weighted by Gasteiger charge is -2.05. The van der Waals surface area contributed by atoms with Gasteiger partial charge in [-0.3, -0.25) is 4.79 Å². The molecule has 0 saturated heterocycles. The van der Waals surface area contributed by atoms with E-state index in [4.69, 9.17) is 5.11 Å². The third-order valence-corrected chi connectivity index (χ3v) is 2.93. The number of amides is 1. The number of hydrogen-bond donors (Lipinski definition) is 2. The van der Waals surface area contributed by atoms with Gasteiger partial charge in [-0.05, 0) is 34.7 Å². The molecule has 2 rings (SSSR count). The Labute approximate surface area is 127 Å². The van der Waals surface area contributed by atoms with Crippen LogP contribution in [0.15, 0.2) is 40.9 Å². The Balaban J connectivity index is 2.06. The van der Waals surface area contributed by atoms with Gasteiger partial charge in [0.15, 0.2) is 5.82 Å². The maximum Gasteiger partial charge on any atom is 0.328 e. The lowest BCUT2D eigenvalue weighted by molar-refractivity contribution is -0.131. The van der Waals surface area contributed by atoms with E-state index < -0.39 is 11.9 Å². The number of benzene rings is 1. The third-order valence-electron chi connectivity index (χ3n) is 2.40. The largest absolute Gasteiger partial charge is 0.478 e. The Hall–Kier alpha value is -2.55. The van der Waals surface area contributed by atoms with E-state index in [9.17, 15) is 9.59 Å². The molecular weight excluding hydrogens is 342 g/mol. The van der Waals surface area contributed by atoms with E-state index in [1.807, 2.05) is 24.3 Å². The molecule has 0 aliphatic carbocycles. The SMILES string of the molecule is O=C(O)/C=C/C(=O)NCc1nnnn1-c1ccc(Br)cc1. The van der Waals surface area contributed by atoms with Crippen LogP contribution in [-0.4, -0.2) is 37.2 Å². The van der Waals surface area contributed by atoms with Crippen molar-refractivity contribution < 1.29 is 14.7 Å². The van der Waals surface area contributed by atoms with E-state index in [0.717, 1.165) is 22.3 Å². The molecule has 0 saturated carbocycles. The van der Waals surface area contributed by atoms with E-state index in [-0.39, 0.29) is 6.54 Å². The molecule has 21 heavy (non-hydrogen) atoms. The lowest BCUT2D eigenvalue weighted by atomic mass is 10.3. The molecule has 1 amide bonds. The van der Waals surface area contributed by atoms with E-state index in [2.05, 4.69) is 36.8 Å². The summed E-state index contributed by atoms with van der Waals surface area (Å²) in [7, 11) is 0. The number of rotatable bonds is 5. The number of aliphatic carboxylic acids is 1. The van der Waals surface area contributed by atoms with E-state index >= 15 is 0 Å². The normalized spacial score (nSPS) is 10.7. The first kappa shape index (κ1) is 14.9. The van der Waals surface area contributed by atoms with Crippen molar-refractivity contribution in [3.63, 3.8) is 0 Å². The van der Waals surface area contributed by atoms with Crippen LogP contribution < -0.4 is 5.32 Å². The topological polar surface area (TPSA) is 110 Å². The molecular formula is C12H10BrN5O3. The van der Waals surface area contributed by atoms with Gasteiger partial charge in [0.1, 0.15) is 0 Å². The second-order valence-electron chi connectivity index (χ2n) is 3.87. The Morgan fingerprint density at radius 2 is 2.00 bits per heavy atom. The van der Waals surface area contributed by atoms with Crippen LogP contribution in [0.1, 0.15) is 5.82 Å². The van der Waals surface area contributed by atoms with Crippen molar-refractivity contribution in [3.05, 3.63) is 46.7 Å². The summed E-state index contributed by atoms with van der Waals surface area (Å²) in [6.45, 7) is 0.0753. The van der Waals surface area contributed by atoms with E-state index in [1.165, 1.54) is 4.68 Å². The highest BCUT2D eigenvalue weighted by molar-refractivity contribution is 9.10. The monoisotopic (exact) mass is 351 g/mol. The first-order chi connectivity index (χ1) is 10.1. The van der Waals surface area contributed by atoms with Gasteiger partial charge >= 0.3 is 5.97 Å². The smallest absolute Gasteiger partial charge is 0.328 e. The number of nitrogens with one attached hydrogen (secondary N) is 1. The summed E-state index contributed by atoms with van der Waals surface area (Å²) in [5, 5.41) is 22.1. The number of tetrazole rings is 1. The van der Waals surface area contributed by atoms with Crippen molar-refractivity contribution in [2.75, 3.05) is 0 Å². The van der Waals surface area contributed by atoms with Crippen LogP contribution >= 0.6 is 15.9 Å². The quantitative estimate of drug-likeness (QED) is 0.766. The number of carbonyl (C=O) groups is 2. The van der Waals surface area contributed by atoms with Crippen molar-refractivity contribution in [2.45, 2.75) is 6.54 Å². The van der Waals surface area contributed by atoms with Crippen molar-refractivity contribution in [2.24, 2.45) is 0 Å². The second-order valence-corrected chi connectivity index (χ2v) is 4.79. The minimum Gasteiger partial charge on any atom is -0.478 e. The fourth-order valence-corrected chi connectivity index (χ4v) is 1.74. The summed E-state index contributed by atoms with van der Waals surface area (Å²) in [6.07, 6.45) is 1.68. The van der Waals surface area contributed by atoms with E-state index in [1.54, 1.807) is 0 Å². The summed E-state index contributed by atoms with van der Waals surface area (Å²) < 4.78 is 2.40. The van der Waals surface area contributed by atoms with Crippen molar-refractivity contribution in [3.8, 4) is 5.69 Å². The van der Waals surface area contributed by atoms with Crippen LogP contribution in [0, 0.1) is 0 Å². The van der Waals surface area contributed by atoms with Crippen molar-refractivity contribution >= 4 is 27.8 Å². The fraction of sp³-hybridized carbons (Fsp3) is 0.0833. The Morgan fingerprint density at radius 3 is 2.67 bits per heavy atom. The standard InChI is InChI=1S/C12H10BrN5O3/c13-8-1-3-9(4-2-8)18-10(15-16-17-18)7-14-11(19)5-6-12(20)21/h1-6H,7H2,(H,14,19)(H,20,21)/b6-5+. The van der Waals surface area contributed by atoms with E-state index in [0.29, 0.717) is 5.82 Å². The predicted molar refractivity (Wildman–Crippen MR) is 75.5 cm³/mol. The average Bonchev–Trinajstić information content (AvgIpc) is 2.92. The van der Waals surface area contributed by atoms with Gasteiger partial charge in [0.25, 0.3) is 0 Å². The summed E-state index contributed by atoms with van der Waals surface area (Å²) in [5.74, 6) is -1.30. The minimum absolute atomic E-state index is 0.0753. The van der Waals surface area contributed by atoms with Gasteiger partial charge in [-0.1, -0.05) is 15.9 Å². The van der Waals surface area contributed by atoms with Crippen LogP contribution in [0.25, 0.3) is 5.69 Å². The van der Waals surface area contributed by atoms with Gasteiger partial charge in [-0.2, -0.15) is 4.68 Å². The number of hydrogen-bond acceptors (Lipinski definition) is 5. The first-order valence-corrected chi connectivity index (χ1v) is 6.57. The van der Waals surface area contributed by atoms with Gasteiger partial charge in [-0.15, -0.1) is 5.10 Å². The van der Waals surface area contributed by atoms with Crippen LogP contribution in [-0.2, 0) is 16.1 Å². The lowest BCUT2D eigenvalue weighted by Crippen LogP contribution is -2.23. The number of carboxylic acids is 1. The summed E-state index contributed by atoms with van der Waals surface area (Å²) in [6, 6.07) is 7.32. The Bertz CT molecular complexity index is 680. The molecule has 1 aromatic heterocycles. The molecule has 2 aromatic rings. The fourth-order valence-electron chi connectivity index (χ4n) is 1.47. The van der Waals surface area contributed by atoms with Gasteiger partial charge < -0.3 is 10.4 Å². The molecule has 1 heterocycles. The summed E-state index contributed by atoms with van der Waals surface area (Å²) in [4.78, 5) is 21.7. The maximum absolute atomic E-state index is 11.4. The Kier molecular flexibility index (Phi) is 4.77. The molecule has 0 atom stereocenters. The summed E-state index contributed by atoms with van der Waals surface area (Å²) >= 11 is 3.33. The second kappa shape index (κ2) is 6.75. The maximum atomic E-state index is 11.4. The van der Waals surface area contributed by atoms with Gasteiger partial charge in [-0.25, -0.2) is 4.79 Å². The molecule has 0 aliphatic rings. The van der Waals surface area contributed by atoms with Crippen molar-refractivity contribution in [1.29, 1.82) is 0 Å². The third kappa shape index (κ3) is 4.21. The molecule has 108 valence electrons. The molecule has 0 bridgehead atoms. The van der Waals surface area contributed by atoms with Crippen LogP contribution in [0.4, 0.5) is 0 Å². The number of carboxylic acid groups (broad SMARTS) is 1. The molecule has 8 nitrogen and oxygen atoms in total. The Morgan fingerprint density at radius 1 is 1.29 bits per heavy atom. The zero-order valence-electron chi connectivity index (χ0n) is 10.6. The predicted octanol–water partition coefficient (Wildman–Crippen LogP) is 0.682. The average molecular weight is 352 g/mol. The van der Waals surface area contributed by atoms with Gasteiger partial charge in [0.2, 0.25) is 5.91 Å². The zero-order chi connectivity index (χ0) is 15.2. The molecule has 0 radical (unpaired) electrons. The number of nitrogens with zero attached hydrogens (tertiary/aromatic N) is 4. The molecule has 0 unspecified atom stereocenters. The van der Waals surface area contributed by atoms with Crippen molar-refractivity contribution in [1.82, 2.24) is 25.5 Å². The molecule has 2 N–H and O–H groups in total. The molecule has 0 aliphatic heterocycles. The molecule has 0 fully saturated rings. The highest BCUT2D eigenvalue weighted by Crippen LogP contribution is 2.13. The number of carbonyl (C=O) groups excluding carboxylic acids is 1. The highest BCUT2D eigenvalue weighted by atomic mass is 79.9. The number of halogens is 1.